The molecule has 23 heavy (non-hydrogen) atoms. The van der Waals surface area contributed by atoms with Crippen molar-refractivity contribution >= 4 is 35.0 Å². The maximum Gasteiger partial charge on any atom is 0.234 e. The predicted octanol–water partition coefficient (Wildman–Crippen LogP) is 2.94. The first-order valence-corrected chi connectivity index (χ1v) is 8.44. The Kier molecular flexibility index (Phi) is 4.92. The molecule has 0 aliphatic carbocycles. The number of nitrogens with one attached hydrogen (secondary N) is 1. The molecule has 118 valence electrons. The van der Waals surface area contributed by atoms with E-state index in [1.807, 2.05) is 36.4 Å². The number of thioether (sulfide) groups is 1. The molecule has 1 fully saturated rings. The molecule has 1 saturated heterocycles. The summed E-state index contributed by atoms with van der Waals surface area (Å²) in [5.74, 6) is 0.398. The van der Waals surface area contributed by atoms with Gasteiger partial charge in [0.15, 0.2) is 0 Å². The van der Waals surface area contributed by atoms with E-state index in [1.165, 1.54) is 11.8 Å². The van der Waals surface area contributed by atoms with Crippen LogP contribution in [0.5, 0.6) is 0 Å². The van der Waals surface area contributed by atoms with Gasteiger partial charge in [0.2, 0.25) is 11.8 Å². The number of hydrogen-bond donors (Lipinski definition) is 1. The summed E-state index contributed by atoms with van der Waals surface area (Å²) >= 11 is 1.46. The van der Waals surface area contributed by atoms with Gasteiger partial charge in [0.05, 0.1) is 5.75 Å². The van der Waals surface area contributed by atoms with Crippen molar-refractivity contribution in [3.63, 3.8) is 0 Å². The lowest BCUT2D eigenvalue weighted by Crippen LogP contribution is -2.23. The average molecular weight is 327 g/mol. The predicted molar refractivity (Wildman–Crippen MR) is 91.6 cm³/mol. The van der Waals surface area contributed by atoms with Gasteiger partial charge in [0.1, 0.15) is 0 Å². The number of anilines is 2. The van der Waals surface area contributed by atoms with E-state index in [1.54, 1.807) is 17.3 Å². The maximum absolute atomic E-state index is 12.1. The minimum absolute atomic E-state index is 0.0725. The van der Waals surface area contributed by atoms with Crippen LogP contribution in [-0.4, -0.2) is 29.1 Å². The minimum Gasteiger partial charge on any atom is -0.325 e. The number of aromatic nitrogens is 1. The first-order valence-electron chi connectivity index (χ1n) is 7.45. The van der Waals surface area contributed by atoms with Crippen molar-refractivity contribution < 1.29 is 9.59 Å². The molecule has 2 aromatic rings. The lowest BCUT2D eigenvalue weighted by atomic mass is 10.2. The van der Waals surface area contributed by atoms with Crippen LogP contribution in [0.25, 0.3) is 0 Å². The largest absolute Gasteiger partial charge is 0.325 e. The van der Waals surface area contributed by atoms with Crippen molar-refractivity contribution in [2.24, 2.45) is 0 Å². The molecule has 1 aromatic heterocycles. The molecule has 1 aliphatic heterocycles. The SMILES string of the molecule is O=C(CSc1ccncc1)Nc1cccc(N2CCCC2=O)c1. The second-order valence-corrected chi connectivity index (χ2v) is 6.27. The van der Waals surface area contributed by atoms with Crippen LogP contribution in [0.2, 0.25) is 0 Å². The molecule has 1 aromatic carbocycles. The molecule has 0 atom stereocenters. The van der Waals surface area contributed by atoms with E-state index in [0.29, 0.717) is 17.9 Å². The second-order valence-electron chi connectivity index (χ2n) is 5.22. The molecule has 6 heteroatoms. The van der Waals surface area contributed by atoms with Crippen molar-refractivity contribution in [3.05, 3.63) is 48.8 Å². The third-order valence-electron chi connectivity index (χ3n) is 3.53. The summed E-state index contributed by atoms with van der Waals surface area (Å²) in [6, 6.07) is 11.2. The molecule has 1 aliphatic rings. The third kappa shape index (κ3) is 4.10. The Labute approximate surface area is 139 Å². The number of carbonyl (C=O) groups excluding carboxylic acids is 2. The number of carbonyl (C=O) groups is 2. The van der Waals surface area contributed by atoms with Crippen LogP contribution in [0.1, 0.15) is 12.8 Å². The summed E-state index contributed by atoms with van der Waals surface area (Å²) in [5.41, 5.74) is 1.55. The van der Waals surface area contributed by atoms with Gasteiger partial charge in [-0.2, -0.15) is 0 Å². The first kappa shape index (κ1) is 15.6. The molecule has 2 heterocycles. The zero-order chi connectivity index (χ0) is 16.1. The van der Waals surface area contributed by atoms with Crippen LogP contribution in [0.3, 0.4) is 0 Å². The van der Waals surface area contributed by atoms with Gasteiger partial charge in [-0.1, -0.05) is 6.07 Å². The standard InChI is InChI=1S/C17H17N3O2S/c21-16(12-23-15-6-8-18-9-7-15)19-13-3-1-4-14(11-13)20-10-2-5-17(20)22/h1,3-4,6-9,11H,2,5,10,12H2,(H,19,21). The smallest absolute Gasteiger partial charge is 0.234 e. The summed E-state index contributed by atoms with van der Waals surface area (Å²) < 4.78 is 0. The summed E-state index contributed by atoms with van der Waals surface area (Å²) in [4.78, 5) is 30.6. The lowest BCUT2D eigenvalue weighted by Gasteiger charge is -2.16. The molecule has 2 amide bonds. The van der Waals surface area contributed by atoms with E-state index in [-0.39, 0.29) is 11.8 Å². The number of benzene rings is 1. The maximum atomic E-state index is 12.1. The van der Waals surface area contributed by atoms with Gasteiger partial charge in [0, 0.05) is 41.6 Å². The second kappa shape index (κ2) is 7.28. The summed E-state index contributed by atoms with van der Waals surface area (Å²) in [6.07, 6.45) is 4.89. The number of nitrogens with zero attached hydrogens (tertiary/aromatic N) is 2. The van der Waals surface area contributed by atoms with E-state index in [4.69, 9.17) is 0 Å². The summed E-state index contributed by atoms with van der Waals surface area (Å²) in [7, 11) is 0. The fourth-order valence-electron chi connectivity index (χ4n) is 2.45. The Balaban J connectivity index is 1.59. The molecule has 0 saturated carbocycles. The monoisotopic (exact) mass is 327 g/mol. The topological polar surface area (TPSA) is 62.3 Å². The van der Waals surface area contributed by atoms with Crippen LogP contribution in [0, 0.1) is 0 Å². The van der Waals surface area contributed by atoms with E-state index < -0.39 is 0 Å². The van der Waals surface area contributed by atoms with Crippen molar-refractivity contribution in [1.29, 1.82) is 0 Å². The van der Waals surface area contributed by atoms with Crippen LogP contribution in [0.15, 0.2) is 53.7 Å². The number of pyridine rings is 1. The quantitative estimate of drug-likeness (QED) is 0.858. The highest BCUT2D eigenvalue weighted by atomic mass is 32.2. The van der Waals surface area contributed by atoms with E-state index >= 15 is 0 Å². The van der Waals surface area contributed by atoms with Crippen LogP contribution in [-0.2, 0) is 9.59 Å². The number of rotatable bonds is 5. The highest BCUT2D eigenvalue weighted by Crippen LogP contribution is 2.24. The molecule has 1 N–H and O–H groups in total. The Morgan fingerprint density at radius 2 is 2.09 bits per heavy atom. The number of hydrogen-bond acceptors (Lipinski definition) is 4. The zero-order valence-corrected chi connectivity index (χ0v) is 13.4. The minimum atomic E-state index is -0.0725. The molecule has 0 unspecified atom stereocenters. The molecule has 0 spiro atoms. The Morgan fingerprint density at radius 1 is 1.26 bits per heavy atom. The fourth-order valence-corrected chi connectivity index (χ4v) is 3.14. The van der Waals surface area contributed by atoms with E-state index in [9.17, 15) is 9.59 Å². The van der Waals surface area contributed by atoms with Crippen LogP contribution >= 0.6 is 11.8 Å². The summed E-state index contributed by atoms with van der Waals surface area (Å²) in [6.45, 7) is 0.744. The average Bonchev–Trinajstić information content (AvgIpc) is 3.00. The van der Waals surface area contributed by atoms with Crippen LogP contribution in [0.4, 0.5) is 11.4 Å². The molecular weight excluding hydrogens is 310 g/mol. The van der Waals surface area contributed by atoms with Gasteiger partial charge in [-0.15, -0.1) is 11.8 Å². The normalized spacial score (nSPS) is 14.1. The Morgan fingerprint density at radius 3 is 2.83 bits per heavy atom. The van der Waals surface area contributed by atoms with Gasteiger partial charge >= 0.3 is 0 Å². The molecule has 0 radical (unpaired) electrons. The molecule has 0 bridgehead atoms. The van der Waals surface area contributed by atoms with E-state index in [0.717, 1.165) is 23.5 Å². The van der Waals surface area contributed by atoms with Crippen molar-refractivity contribution in [3.8, 4) is 0 Å². The third-order valence-corrected chi connectivity index (χ3v) is 4.55. The Bertz CT molecular complexity index is 706. The lowest BCUT2D eigenvalue weighted by molar-refractivity contribution is -0.117. The van der Waals surface area contributed by atoms with Gasteiger partial charge in [-0.3, -0.25) is 14.6 Å². The molecule has 5 nitrogen and oxygen atoms in total. The number of amides is 2. The summed E-state index contributed by atoms with van der Waals surface area (Å²) in [5, 5.41) is 2.88. The highest BCUT2D eigenvalue weighted by molar-refractivity contribution is 8.00. The van der Waals surface area contributed by atoms with Gasteiger partial charge in [0.25, 0.3) is 0 Å². The van der Waals surface area contributed by atoms with Crippen molar-refractivity contribution in [2.45, 2.75) is 17.7 Å². The fraction of sp³-hybridized carbons (Fsp3) is 0.235. The Hall–Kier alpha value is -2.34. The van der Waals surface area contributed by atoms with E-state index in [2.05, 4.69) is 10.3 Å². The molecular formula is C17H17N3O2S. The molecule has 3 rings (SSSR count). The zero-order valence-electron chi connectivity index (χ0n) is 12.6. The van der Waals surface area contributed by atoms with Crippen molar-refractivity contribution in [1.82, 2.24) is 4.98 Å². The van der Waals surface area contributed by atoms with Gasteiger partial charge < -0.3 is 10.2 Å². The van der Waals surface area contributed by atoms with Gasteiger partial charge in [-0.25, -0.2) is 0 Å². The van der Waals surface area contributed by atoms with Crippen LogP contribution < -0.4 is 10.2 Å². The first-order chi connectivity index (χ1) is 11.2. The van der Waals surface area contributed by atoms with Gasteiger partial charge in [-0.05, 0) is 36.8 Å². The highest BCUT2D eigenvalue weighted by Gasteiger charge is 2.21. The van der Waals surface area contributed by atoms with Crippen molar-refractivity contribution in [2.75, 3.05) is 22.5 Å².